The van der Waals surface area contributed by atoms with Gasteiger partial charge >= 0.3 is 0 Å². The molecule has 0 fully saturated rings. The topological polar surface area (TPSA) is 143 Å². The minimum atomic E-state index is -0.907. The number of hydrogen-bond donors (Lipinski definition) is 3. The normalized spacial score (nSPS) is 12.5. The lowest BCUT2D eigenvalue weighted by molar-refractivity contribution is -0.384. The van der Waals surface area contributed by atoms with Crippen LogP contribution in [0.15, 0.2) is 91.1 Å². The average molecular weight is 628 g/mol. The summed E-state index contributed by atoms with van der Waals surface area (Å²) < 4.78 is 0. The Morgan fingerprint density at radius 3 is 2.36 bits per heavy atom. The lowest BCUT2D eigenvalue weighted by Crippen LogP contribution is -2.53. The van der Waals surface area contributed by atoms with Gasteiger partial charge in [0, 0.05) is 34.8 Å². The van der Waals surface area contributed by atoms with Crippen molar-refractivity contribution >= 4 is 57.7 Å². The summed E-state index contributed by atoms with van der Waals surface area (Å²) in [4.78, 5) is 54.8. The smallest absolute Gasteiger partial charge is 0.269 e. The average Bonchev–Trinajstić information content (AvgIpc) is 3.02. The number of carbonyl (C=O) groups is 3. The number of pyridine rings is 1. The van der Waals surface area contributed by atoms with Gasteiger partial charge in [-0.05, 0) is 78.8 Å². The van der Waals surface area contributed by atoms with Gasteiger partial charge < -0.3 is 16.0 Å². The third-order valence-corrected chi connectivity index (χ3v) is 7.27. The molecule has 1 aromatic heterocycles. The maximum atomic E-state index is 13.7. The van der Waals surface area contributed by atoms with Crippen LogP contribution in [-0.2, 0) is 20.8 Å². The highest BCUT2D eigenvalue weighted by Crippen LogP contribution is 2.25. The lowest BCUT2D eigenvalue weighted by atomic mass is 10.0. The van der Waals surface area contributed by atoms with Gasteiger partial charge in [0.05, 0.1) is 16.1 Å². The first kappa shape index (κ1) is 32.8. The number of nitrogens with zero attached hydrogens (tertiary/aromatic N) is 2. The number of anilines is 1. The van der Waals surface area contributed by atoms with Crippen LogP contribution in [0.1, 0.15) is 37.8 Å². The second kappa shape index (κ2) is 15.6. The monoisotopic (exact) mass is 627 g/mol. The van der Waals surface area contributed by atoms with Gasteiger partial charge in [0.1, 0.15) is 12.1 Å². The number of amides is 3. The number of fused-ring (bicyclic) bond motifs is 1. The minimum absolute atomic E-state index is 0.0577. The zero-order valence-corrected chi connectivity index (χ0v) is 25.7. The van der Waals surface area contributed by atoms with Crippen LogP contribution in [0.25, 0.3) is 17.0 Å². The molecule has 3 amide bonds. The van der Waals surface area contributed by atoms with Crippen molar-refractivity contribution in [2.45, 2.75) is 45.2 Å². The van der Waals surface area contributed by atoms with Gasteiger partial charge in [0.25, 0.3) is 5.69 Å². The van der Waals surface area contributed by atoms with Crippen LogP contribution >= 0.6 is 11.6 Å². The fourth-order valence-corrected chi connectivity index (χ4v) is 4.92. The van der Waals surface area contributed by atoms with Crippen LogP contribution in [-0.4, -0.2) is 39.7 Å². The first-order valence-corrected chi connectivity index (χ1v) is 14.9. The molecule has 232 valence electrons. The van der Waals surface area contributed by atoms with Crippen molar-refractivity contribution in [3.63, 3.8) is 0 Å². The van der Waals surface area contributed by atoms with E-state index >= 15 is 0 Å². The molecule has 0 unspecified atom stereocenters. The van der Waals surface area contributed by atoms with Crippen LogP contribution in [0, 0.1) is 16.0 Å². The van der Waals surface area contributed by atoms with Gasteiger partial charge in [-0.3, -0.25) is 29.5 Å². The maximum absolute atomic E-state index is 13.7. The van der Waals surface area contributed by atoms with Gasteiger partial charge in [0.2, 0.25) is 17.7 Å². The molecule has 0 spiro atoms. The zero-order valence-electron chi connectivity index (χ0n) is 24.9. The molecule has 4 rings (SSSR count). The van der Waals surface area contributed by atoms with Gasteiger partial charge in [0.15, 0.2) is 0 Å². The van der Waals surface area contributed by atoms with Gasteiger partial charge in [-0.1, -0.05) is 55.8 Å². The molecule has 0 saturated heterocycles. The predicted octanol–water partition coefficient (Wildman–Crippen LogP) is 6.10. The van der Waals surface area contributed by atoms with E-state index < -0.39 is 34.7 Å². The van der Waals surface area contributed by atoms with Crippen LogP contribution in [0.3, 0.4) is 0 Å². The standard InChI is InChI=1S/C34H34ClN5O5/c1-22(2)20-31(37-32(41)17-11-24-8-13-26(14-9-24)40(44)45)34(43)39-29(16-10-23-6-4-3-5-7-23)33(42)38-28-18-19-36-30-21-25(35)12-15-27(28)30/h3-9,11-15,17-19,21-22,29,31H,10,16,20H2,1-2H3,(H,37,41)(H,39,43)(H,36,38,42)/b17-11+/t29-,31-/m1/s1. The second-order valence-electron chi connectivity index (χ2n) is 11.0. The first-order valence-electron chi connectivity index (χ1n) is 14.5. The number of nitrogens with one attached hydrogen (secondary N) is 3. The highest BCUT2D eigenvalue weighted by Gasteiger charge is 2.27. The summed E-state index contributed by atoms with van der Waals surface area (Å²) in [5.74, 6) is -1.34. The third kappa shape index (κ3) is 9.70. The largest absolute Gasteiger partial charge is 0.342 e. The fourth-order valence-electron chi connectivity index (χ4n) is 4.75. The van der Waals surface area contributed by atoms with Crippen molar-refractivity contribution in [3.8, 4) is 0 Å². The number of aromatic nitrogens is 1. The predicted molar refractivity (Wildman–Crippen MR) is 176 cm³/mol. The van der Waals surface area contributed by atoms with Crippen LogP contribution in [0.5, 0.6) is 0 Å². The van der Waals surface area contributed by atoms with Crippen molar-refractivity contribution in [1.82, 2.24) is 15.6 Å². The lowest BCUT2D eigenvalue weighted by Gasteiger charge is -2.24. The SMILES string of the molecule is CC(C)C[C@@H](NC(=O)/C=C/c1ccc([N+](=O)[O-])cc1)C(=O)N[C@H](CCc1ccccc1)C(=O)Nc1ccnc2cc(Cl)ccc12. The molecular formula is C34H34ClN5O5. The number of nitro groups is 1. The Balaban J connectivity index is 1.50. The molecule has 2 atom stereocenters. The molecule has 0 aliphatic heterocycles. The van der Waals surface area contributed by atoms with Crippen molar-refractivity contribution in [1.29, 1.82) is 0 Å². The number of rotatable bonds is 13. The molecule has 11 heteroatoms. The van der Waals surface area contributed by atoms with E-state index in [-0.39, 0.29) is 11.6 Å². The van der Waals surface area contributed by atoms with Gasteiger partial charge in [-0.2, -0.15) is 0 Å². The van der Waals surface area contributed by atoms with Crippen LogP contribution in [0.2, 0.25) is 5.02 Å². The summed E-state index contributed by atoms with van der Waals surface area (Å²) in [5, 5.41) is 20.7. The molecule has 3 N–H and O–H groups in total. The van der Waals surface area contributed by atoms with E-state index in [2.05, 4.69) is 20.9 Å². The summed E-state index contributed by atoms with van der Waals surface area (Å²) in [5.41, 5.74) is 2.69. The first-order chi connectivity index (χ1) is 21.6. The Labute approximate surface area is 266 Å². The third-order valence-electron chi connectivity index (χ3n) is 7.03. The molecule has 0 saturated carbocycles. The van der Waals surface area contributed by atoms with Crippen molar-refractivity contribution in [2.24, 2.45) is 5.92 Å². The second-order valence-corrected chi connectivity index (χ2v) is 11.4. The zero-order chi connectivity index (χ0) is 32.3. The van der Waals surface area contributed by atoms with Crippen LogP contribution in [0.4, 0.5) is 11.4 Å². The Kier molecular flexibility index (Phi) is 11.4. The van der Waals surface area contributed by atoms with E-state index in [1.165, 1.54) is 36.4 Å². The van der Waals surface area contributed by atoms with E-state index in [1.807, 2.05) is 44.2 Å². The number of hydrogen-bond acceptors (Lipinski definition) is 6. The van der Waals surface area contributed by atoms with Crippen molar-refractivity contribution < 1.29 is 19.3 Å². The van der Waals surface area contributed by atoms with Gasteiger partial charge in [-0.25, -0.2) is 0 Å². The molecule has 1 heterocycles. The Morgan fingerprint density at radius 2 is 1.67 bits per heavy atom. The van der Waals surface area contributed by atoms with E-state index in [1.54, 1.807) is 30.5 Å². The van der Waals surface area contributed by atoms with E-state index in [9.17, 15) is 24.5 Å². The fraction of sp³-hybridized carbons (Fsp3) is 0.235. The molecule has 45 heavy (non-hydrogen) atoms. The van der Waals surface area contributed by atoms with Crippen molar-refractivity contribution in [3.05, 3.63) is 117 Å². The number of halogens is 1. The van der Waals surface area contributed by atoms with E-state index in [4.69, 9.17) is 11.6 Å². The molecule has 0 bridgehead atoms. The molecular weight excluding hydrogens is 594 g/mol. The Morgan fingerprint density at radius 1 is 0.933 bits per heavy atom. The van der Waals surface area contributed by atoms with Gasteiger partial charge in [-0.15, -0.1) is 0 Å². The number of non-ortho nitro benzene ring substituents is 1. The maximum Gasteiger partial charge on any atom is 0.269 e. The molecule has 0 aliphatic rings. The van der Waals surface area contributed by atoms with E-state index in [0.29, 0.717) is 46.4 Å². The summed E-state index contributed by atoms with van der Waals surface area (Å²) in [6.07, 6.45) is 5.54. The molecule has 0 aliphatic carbocycles. The number of carbonyl (C=O) groups excluding carboxylic acids is 3. The molecule has 10 nitrogen and oxygen atoms in total. The van der Waals surface area contributed by atoms with Crippen molar-refractivity contribution in [2.75, 3.05) is 5.32 Å². The summed E-state index contributed by atoms with van der Waals surface area (Å²) in [7, 11) is 0. The number of benzene rings is 3. The Hall–Kier alpha value is -5.09. The quantitative estimate of drug-likeness (QED) is 0.0929. The summed E-state index contributed by atoms with van der Waals surface area (Å²) in [6, 6.07) is 20.4. The highest BCUT2D eigenvalue weighted by molar-refractivity contribution is 6.31. The molecule has 0 radical (unpaired) electrons. The summed E-state index contributed by atoms with van der Waals surface area (Å²) in [6.45, 7) is 3.86. The minimum Gasteiger partial charge on any atom is -0.342 e. The molecule has 3 aromatic carbocycles. The van der Waals surface area contributed by atoms with E-state index in [0.717, 1.165) is 5.56 Å². The number of nitro benzene ring substituents is 1. The Bertz CT molecular complexity index is 1690. The summed E-state index contributed by atoms with van der Waals surface area (Å²) >= 11 is 6.12. The number of aryl methyl sites for hydroxylation is 1. The highest BCUT2D eigenvalue weighted by atomic mass is 35.5. The molecule has 4 aromatic rings. The van der Waals surface area contributed by atoms with Crippen LogP contribution < -0.4 is 16.0 Å².